The normalized spacial score (nSPS) is 14.5. The molecule has 0 aliphatic heterocycles. The minimum Gasteiger partial charge on any atom is -0.334 e. The average Bonchev–Trinajstić information content (AvgIpc) is 2.79. The molecule has 5 heteroatoms. The Hall–Kier alpha value is -1.75. The topological polar surface area (TPSA) is 64.9 Å². The van der Waals surface area contributed by atoms with E-state index in [2.05, 4.69) is 10.1 Å². The number of rotatable bonds is 3. The van der Waals surface area contributed by atoms with Crippen LogP contribution < -0.4 is 5.73 Å². The summed E-state index contributed by atoms with van der Waals surface area (Å²) < 4.78 is 18.2. The summed E-state index contributed by atoms with van der Waals surface area (Å²) >= 11 is 0. The van der Waals surface area contributed by atoms with E-state index < -0.39 is 5.54 Å². The second-order valence-electron chi connectivity index (χ2n) is 4.65. The first-order valence-electron chi connectivity index (χ1n) is 5.83. The van der Waals surface area contributed by atoms with E-state index in [9.17, 15) is 4.39 Å². The molecule has 2 rings (SSSR count). The molecule has 1 heterocycles. The molecule has 0 spiro atoms. The Balaban J connectivity index is 2.41. The third-order valence-electron chi connectivity index (χ3n) is 3.09. The molecule has 0 radical (unpaired) electrons. The highest BCUT2D eigenvalue weighted by molar-refractivity contribution is 5.58. The molecule has 0 aliphatic rings. The van der Waals surface area contributed by atoms with Crippen molar-refractivity contribution in [1.82, 2.24) is 10.1 Å². The molecule has 0 fully saturated rings. The number of hydrogen-bond acceptors (Lipinski definition) is 4. The maximum absolute atomic E-state index is 13.0. The summed E-state index contributed by atoms with van der Waals surface area (Å²) in [5.41, 5.74) is 6.91. The minimum atomic E-state index is -0.615. The molecule has 1 aromatic heterocycles. The van der Waals surface area contributed by atoms with Gasteiger partial charge >= 0.3 is 0 Å². The number of hydrogen-bond donors (Lipinski definition) is 1. The van der Waals surface area contributed by atoms with Crippen molar-refractivity contribution >= 4 is 0 Å². The van der Waals surface area contributed by atoms with E-state index in [1.807, 2.05) is 13.8 Å². The van der Waals surface area contributed by atoms with Crippen LogP contribution in [0.3, 0.4) is 0 Å². The quantitative estimate of drug-likeness (QED) is 0.908. The first-order valence-corrected chi connectivity index (χ1v) is 5.83. The number of benzene rings is 1. The van der Waals surface area contributed by atoms with Crippen LogP contribution in [0.2, 0.25) is 0 Å². The van der Waals surface area contributed by atoms with Crippen molar-refractivity contribution in [1.29, 1.82) is 0 Å². The molecule has 0 amide bonds. The zero-order chi connectivity index (χ0) is 13.3. The van der Waals surface area contributed by atoms with Crippen LogP contribution in [0.4, 0.5) is 4.39 Å². The smallest absolute Gasteiger partial charge is 0.258 e. The molecule has 2 N–H and O–H groups in total. The summed E-state index contributed by atoms with van der Waals surface area (Å²) in [6.07, 6.45) is 0.703. The maximum atomic E-state index is 13.0. The van der Waals surface area contributed by atoms with Crippen LogP contribution in [-0.4, -0.2) is 10.1 Å². The molecule has 96 valence electrons. The highest BCUT2D eigenvalue weighted by atomic mass is 19.1. The van der Waals surface area contributed by atoms with E-state index in [4.69, 9.17) is 10.3 Å². The van der Waals surface area contributed by atoms with Gasteiger partial charge in [0, 0.05) is 5.56 Å². The third kappa shape index (κ3) is 2.26. The SMILES string of the molecule is CCC(C)(N)c1noc(-c2ccc(F)cc2C)n1. The summed E-state index contributed by atoms with van der Waals surface area (Å²) in [6, 6.07) is 4.43. The van der Waals surface area contributed by atoms with E-state index in [0.29, 0.717) is 18.1 Å². The van der Waals surface area contributed by atoms with Gasteiger partial charge < -0.3 is 10.3 Å². The molecule has 18 heavy (non-hydrogen) atoms. The molecule has 1 unspecified atom stereocenters. The molecule has 0 saturated carbocycles. The highest BCUT2D eigenvalue weighted by Gasteiger charge is 2.25. The lowest BCUT2D eigenvalue weighted by atomic mass is 10.00. The van der Waals surface area contributed by atoms with Crippen LogP contribution in [0, 0.1) is 12.7 Å². The zero-order valence-corrected chi connectivity index (χ0v) is 10.7. The Morgan fingerprint density at radius 3 is 2.78 bits per heavy atom. The predicted octanol–water partition coefficient (Wildman–Crippen LogP) is 2.77. The van der Waals surface area contributed by atoms with E-state index in [1.165, 1.54) is 12.1 Å². The third-order valence-corrected chi connectivity index (χ3v) is 3.09. The van der Waals surface area contributed by atoms with Crippen molar-refractivity contribution in [3.8, 4) is 11.5 Å². The second-order valence-corrected chi connectivity index (χ2v) is 4.65. The Labute approximate surface area is 105 Å². The van der Waals surface area contributed by atoms with Crippen LogP contribution >= 0.6 is 0 Å². The first kappa shape index (κ1) is 12.7. The zero-order valence-electron chi connectivity index (χ0n) is 10.7. The molecule has 4 nitrogen and oxygen atoms in total. The van der Waals surface area contributed by atoms with Crippen molar-refractivity contribution in [2.45, 2.75) is 32.7 Å². The van der Waals surface area contributed by atoms with Gasteiger partial charge in [-0.3, -0.25) is 0 Å². The largest absolute Gasteiger partial charge is 0.334 e. The first-order chi connectivity index (χ1) is 8.44. The van der Waals surface area contributed by atoms with E-state index in [1.54, 1.807) is 13.0 Å². The van der Waals surface area contributed by atoms with Gasteiger partial charge in [0.25, 0.3) is 5.89 Å². The summed E-state index contributed by atoms with van der Waals surface area (Å²) in [7, 11) is 0. The Morgan fingerprint density at radius 1 is 1.44 bits per heavy atom. The number of nitrogens with zero attached hydrogens (tertiary/aromatic N) is 2. The van der Waals surface area contributed by atoms with Crippen molar-refractivity contribution in [3.63, 3.8) is 0 Å². The fourth-order valence-corrected chi connectivity index (χ4v) is 1.59. The van der Waals surface area contributed by atoms with E-state index >= 15 is 0 Å². The molecule has 2 aromatic rings. The summed E-state index contributed by atoms with van der Waals surface area (Å²) in [5, 5.41) is 3.89. The van der Waals surface area contributed by atoms with Crippen molar-refractivity contribution in [3.05, 3.63) is 35.4 Å². The Bertz CT molecular complexity index is 563. The number of aryl methyl sites for hydroxylation is 1. The van der Waals surface area contributed by atoms with Crippen molar-refractivity contribution in [2.24, 2.45) is 5.73 Å². The van der Waals surface area contributed by atoms with Gasteiger partial charge in [-0.05, 0) is 44.0 Å². The Kier molecular flexibility index (Phi) is 3.17. The van der Waals surface area contributed by atoms with Crippen LogP contribution in [-0.2, 0) is 5.54 Å². The maximum Gasteiger partial charge on any atom is 0.258 e. The van der Waals surface area contributed by atoms with E-state index in [0.717, 1.165) is 11.1 Å². The lowest BCUT2D eigenvalue weighted by Gasteiger charge is -2.16. The molecule has 0 bridgehead atoms. The van der Waals surface area contributed by atoms with Crippen LogP contribution in [0.25, 0.3) is 11.5 Å². The fourth-order valence-electron chi connectivity index (χ4n) is 1.59. The van der Waals surface area contributed by atoms with Gasteiger partial charge in [-0.25, -0.2) is 4.39 Å². The van der Waals surface area contributed by atoms with E-state index in [-0.39, 0.29) is 5.82 Å². The predicted molar refractivity (Wildman–Crippen MR) is 66.3 cm³/mol. The van der Waals surface area contributed by atoms with Gasteiger partial charge in [0.2, 0.25) is 0 Å². The van der Waals surface area contributed by atoms with Crippen molar-refractivity contribution < 1.29 is 8.91 Å². The molecule has 0 aliphatic carbocycles. The number of aromatic nitrogens is 2. The lowest BCUT2D eigenvalue weighted by molar-refractivity contribution is 0.379. The second kappa shape index (κ2) is 4.49. The summed E-state index contributed by atoms with van der Waals surface area (Å²) in [5.74, 6) is 0.546. The van der Waals surface area contributed by atoms with Gasteiger partial charge in [-0.2, -0.15) is 4.98 Å². The molecular formula is C13H16FN3O. The lowest BCUT2D eigenvalue weighted by Crippen LogP contribution is -2.33. The number of halogens is 1. The monoisotopic (exact) mass is 249 g/mol. The minimum absolute atomic E-state index is 0.284. The average molecular weight is 249 g/mol. The fraction of sp³-hybridized carbons (Fsp3) is 0.385. The molecule has 1 aromatic carbocycles. The molecular weight excluding hydrogens is 233 g/mol. The van der Waals surface area contributed by atoms with Crippen LogP contribution in [0.5, 0.6) is 0 Å². The molecule has 1 atom stereocenters. The van der Waals surface area contributed by atoms with Crippen LogP contribution in [0.1, 0.15) is 31.7 Å². The van der Waals surface area contributed by atoms with Crippen LogP contribution in [0.15, 0.2) is 22.7 Å². The van der Waals surface area contributed by atoms with Gasteiger partial charge in [-0.1, -0.05) is 12.1 Å². The van der Waals surface area contributed by atoms with Gasteiger partial charge in [0.05, 0.1) is 5.54 Å². The standard InChI is InChI=1S/C13H16FN3O/c1-4-13(3,15)12-16-11(18-17-12)10-6-5-9(14)7-8(10)2/h5-7H,4,15H2,1-3H3. The molecule has 0 saturated heterocycles. The summed E-state index contributed by atoms with van der Waals surface area (Å²) in [6.45, 7) is 5.60. The van der Waals surface area contributed by atoms with Crippen molar-refractivity contribution in [2.75, 3.05) is 0 Å². The number of nitrogens with two attached hydrogens (primary N) is 1. The van der Waals surface area contributed by atoms with Gasteiger partial charge in [-0.15, -0.1) is 0 Å². The van der Waals surface area contributed by atoms with Gasteiger partial charge in [0.15, 0.2) is 5.82 Å². The highest BCUT2D eigenvalue weighted by Crippen LogP contribution is 2.25. The summed E-state index contributed by atoms with van der Waals surface area (Å²) in [4.78, 5) is 4.29. The van der Waals surface area contributed by atoms with Gasteiger partial charge in [0.1, 0.15) is 5.82 Å². The Morgan fingerprint density at radius 2 is 2.17 bits per heavy atom.